The first kappa shape index (κ1) is 24.8. The fourth-order valence-corrected chi connectivity index (χ4v) is 5.81. The Balaban J connectivity index is 1.46. The van der Waals surface area contributed by atoms with Gasteiger partial charge in [-0.3, -0.25) is 24.1 Å². The predicted molar refractivity (Wildman–Crippen MR) is 142 cm³/mol. The number of aromatic amines is 1. The molecule has 0 radical (unpaired) electrons. The van der Waals surface area contributed by atoms with Gasteiger partial charge in [-0.15, -0.1) is 0 Å². The molecule has 0 saturated carbocycles. The van der Waals surface area contributed by atoms with Crippen LogP contribution in [0.5, 0.6) is 0 Å². The zero-order valence-corrected chi connectivity index (χ0v) is 21.7. The van der Waals surface area contributed by atoms with E-state index in [2.05, 4.69) is 15.1 Å². The highest BCUT2D eigenvalue weighted by Crippen LogP contribution is 2.47. The van der Waals surface area contributed by atoms with Gasteiger partial charge in [-0.2, -0.15) is 0 Å². The quantitative estimate of drug-likeness (QED) is 0.482. The van der Waals surface area contributed by atoms with E-state index in [0.717, 1.165) is 16.5 Å². The van der Waals surface area contributed by atoms with Crippen LogP contribution in [0.4, 0.5) is 5.69 Å². The van der Waals surface area contributed by atoms with Crippen LogP contribution in [0, 0.1) is 12.5 Å². The normalized spacial score (nSPS) is 21.2. The first-order valence-electron chi connectivity index (χ1n) is 12.3. The van der Waals surface area contributed by atoms with Crippen LogP contribution in [-0.4, -0.2) is 58.3 Å². The molecule has 3 atom stereocenters. The summed E-state index contributed by atoms with van der Waals surface area (Å²) in [5, 5.41) is 4.18. The first-order chi connectivity index (χ1) is 17.7. The van der Waals surface area contributed by atoms with Gasteiger partial charge < -0.3 is 15.2 Å². The predicted octanol–water partition coefficient (Wildman–Crippen LogP) is 4.68. The number of likely N-dealkylation sites (tertiary alicyclic amines) is 1. The number of para-hydroxylation sites is 1. The van der Waals surface area contributed by atoms with Crippen LogP contribution < -0.4 is 5.32 Å². The van der Waals surface area contributed by atoms with Crippen molar-refractivity contribution < 1.29 is 14.4 Å². The van der Waals surface area contributed by atoms with E-state index in [1.807, 2.05) is 44.2 Å². The molecule has 2 aliphatic heterocycles. The molecule has 0 bridgehead atoms. The summed E-state index contributed by atoms with van der Waals surface area (Å²) in [6, 6.07) is 13.7. The second-order valence-electron chi connectivity index (χ2n) is 10.3. The number of anilines is 1. The lowest BCUT2D eigenvalue weighted by atomic mass is 9.80. The topological polar surface area (TPSA) is 89.9 Å². The molecule has 8 nitrogen and oxygen atoms in total. The number of carbonyl (C=O) groups excluding carboxylic acids is 3. The maximum absolute atomic E-state index is 14.0. The molecule has 1 aromatic heterocycles. The Morgan fingerprint density at radius 2 is 2.00 bits per heavy atom. The third-order valence-electron chi connectivity index (χ3n) is 7.50. The van der Waals surface area contributed by atoms with Crippen LogP contribution in [0.1, 0.15) is 42.7 Å². The second-order valence-corrected chi connectivity index (χ2v) is 10.7. The fourth-order valence-electron chi connectivity index (χ4n) is 5.58. The minimum Gasteiger partial charge on any atom is -0.350 e. The van der Waals surface area contributed by atoms with Crippen LogP contribution in [0.25, 0.3) is 15.7 Å². The number of fused-ring (bicyclic) bond motifs is 3. The van der Waals surface area contributed by atoms with Crippen molar-refractivity contribution in [2.45, 2.75) is 44.3 Å². The van der Waals surface area contributed by atoms with Gasteiger partial charge in [0, 0.05) is 35.2 Å². The number of hydrogen-bond donors (Lipinski definition) is 2. The summed E-state index contributed by atoms with van der Waals surface area (Å²) in [6.07, 6.45) is -0.161. The molecule has 0 unspecified atom stereocenters. The molecule has 0 aliphatic carbocycles. The van der Waals surface area contributed by atoms with E-state index >= 15 is 0 Å². The number of nitrogens with zero attached hydrogens (tertiary/aromatic N) is 3. The lowest BCUT2D eigenvalue weighted by molar-refractivity contribution is -0.136. The lowest BCUT2D eigenvalue weighted by Gasteiger charge is -2.32. The molecule has 190 valence electrons. The number of nitrogens with one attached hydrogen (secondary N) is 2. The van der Waals surface area contributed by atoms with Crippen molar-refractivity contribution in [3.05, 3.63) is 76.2 Å². The second kappa shape index (κ2) is 9.24. The van der Waals surface area contributed by atoms with Gasteiger partial charge in [-0.1, -0.05) is 49.7 Å². The Morgan fingerprint density at radius 3 is 2.70 bits per heavy atom. The molecular formula is C28H28ClN5O3. The Kier molecular flexibility index (Phi) is 6.20. The van der Waals surface area contributed by atoms with Gasteiger partial charge in [0.15, 0.2) is 0 Å². The molecule has 37 heavy (non-hydrogen) atoms. The van der Waals surface area contributed by atoms with E-state index < -0.39 is 17.6 Å². The van der Waals surface area contributed by atoms with Gasteiger partial charge in [0.25, 0.3) is 11.8 Å². The van der Waals surface area contributed by atoms with Crippen molar-refractivity contribution in [1.29, 1.82) is 0 Å². The van der Waals surface area contributed by atoms with Gasteiger partial charge in [-0.25, -0.2) is 6.57 Å². The highest BCUT2D eigenvalue weighted by Gasteiger charge is 2.59. The minimum atomic E-state index is -0.972. The Labute approximate surface area is 220 Å². The number of halogens is 1. The minimum absolute atomic E-state index is 0.0976. The van der Waals surface area contributed by atoms with E-state index in [-0.39, 0.29) is 36.6 Å². The van der Waals surface area contributed by atoms with E-state index in [0.29, 0.717) is 22.8 Å². The maximum Gasteiger partial charge on any atom is 0.302 e. The van der Waals surface area contributed by atoms with E-state index in [9.17, 15) is 14.4 Å². The number of rotatable bonds is 5. The number of benzene rings is 2. The average molecular weight is 518 g/mol. The Bertz CT molecular complexity index is 1460. The maximum atomic E-state index is 14.0. The van der Waals surface area contributed by atoms with Gasteiger partial charge in [-0.05, 0) is 42.2 Å². The third-order valence-corrected chi connectivity index (χ3v) is 7.83. The Morgan fingerprint density at radius 1 is 1.24 bits per heavy atom. The molecule has 1 spiro atoms. The standard InChI is InChI=1S/C28H28ClN5O3/c1-16(2)12-23(33(4)25(35)22-13-17-19(29)9-7-11-20(17)31-22)26(36)34-15-28(14-24(34)30-3)18-8-5-6-10-21(18)32-27(28)37/h5-11,13,16,23-24,31H,12,14-15H2,1-2,4H3,(H,32,37)/t23-,24-,28-/m0/s1. The lowest BCUT2D eigenvalue weighted by Crippen LogP contribution is -2.51. The average Bonchev–Trinajstić information content (AvgIpc) is 3.56. The summed E-state index contributed by atoms with van der Waals surface area (Å²) in [7, 11) is 1.61. The highest BCUT2D eigenvalue weighted by atomic mass is 35.5. The molecule has 9 heteroatoms. The summed E-state index contributed by atoms with van der Waals surface area (Å²) in [5.74, 6) is -0.755. The van der Waals surface area contributed by atoms with Gasteiger partial charge in [0.2, 0.25) is 5.91 Å². The summed E-state index contributed by atoms with van der Waals surface area (Å²) in [4.78, 5) is 50.5. The van der Waals surface area contributed by atoms with E-state index in [1.165, 1.54) is 9.80 Å². The fraction of sp³-hybridized carbons (Fsp3) is 0.357. The van der Waals surface area contributed by atoms with Crippen LogP contribution in [0.15, 0.2) is 48.5 Å². The van der Waals surface area contributed by atoms with Crippen molar-refractivity contribution in [2.75, 3.05) is 18.9 Å². The number of carbonyl (C=O) groups is 3. The molecule has 2 aliphatic rings. The van der Waals surface area contributed by atoms with Crippen molar-refractivity contribution in [3.8, 4) is 0 Å². The molecule has 3 amide bonds. The van der Waals surface area contributed by atoms with Crippen molar-refractivity contribution in [3.63, 3.8) is 0 Å². The molecule has 3 aromatic rings. The van der Waals surface area contributed by atoms with Gasteiger partial charge in [0.05, 0.1) is 6.42 Å². The highest BCUT2D eigenvalue weighted by molar-refractivity contribution is 6.35. The van der Waals surface area contributed by atoms with Crippen molar-refractivity contribution in [2.24, 2.45) is 5.92 Å². The molecule has 3 heterocycles. The van der Waals surface area contributed by atoms with Crippen molar-refractivity contribution >= 4 is 45.9 Å². The zero-order valence-electron chi connectivity index (χ0n) is 20.9. The molecule has 2 N–H and O–H groups in total. The zero-order chi connectivity index (χ0) is 26.5. The first-order valence-corrected chi connectivity index (χ1v) is 12.7. The van der Waals surface area contributed by atoms with E-state index in [4.69, 9.17) is 18.2 Å². The van der Waals surface area contributed by atoms with Crippen molar-refractivity contribution in [1.82, 2.24) is 14.8 Å². The Hall–Kier alpha value is -3.83. The molecule has 1 saturated heterocycles. The molecular weight excluding hydrogens is 490 g/mol. The molecule has 1 fully saturated rings. The smallest absolute Gasteiger partial charge is 0.302 e. The van der Waals surface area contributed by atoms with E-state index in [1.54, 1.807) is 25.2 Å². The summed E-state index contributed by atoms with van der Waals surface area (Å²) < 4.78 is 0. The third kappa shape index (κ3) is 4.04. The summed E-state index contributed by atoms with van der Waals surface area (Å²) >= 11 is 6.30. The van der Waals surface area contributed by atoms with Crippen LogP contribution in [-0.2, 0) is 15.0 Å². The number of H-pyrrole nitrogens is 1. The monoisotopic (exact) mass is 517 g/mol. The summed E-state index contributed by atoms with van der Waals surface area (Å²) in [6.45, 7) is 11.9. The number of hydrogen-bond acceptors (Lipinski definition) is 3. The largest absolute Gasteiger partial charge is 0.350 e. The van der Waals surface area contributed by atoms with Gasteiger partial charge >= 0.3 is 6.17 Å². The van der Waals surface area contributed by atoms with Crippen LogP contribution in [0.2, 0.25) is 5.02 Å². The van der Waals surface area contributed by atoms with Gasteiger partial charge in [0.1, 0.15) is 17.2 Å². The number of aromatic nitrogens is 1. The van der Waals surface area contributed by atoms with Crippen LogP contribution >= 0.6 is 11.6 Å². The summed E-state index contributed by atoms with van der Waals surface area (Å²) in [5.41, 5.74) is 1.62. The SMILES string of the molecule is [C-]#[N+][C@@H]1C[C@@]2(CN1C(=O)[C@H](CC(C)C)N(C)C(=O)c1cc3c(Cl)cccc3[nH]1)C(=O)Nc1ccccc12. The van der Waals surface area contributed by atoms with Crippen LogP contribution in [0.3, 0.4) is 0 Å². The molecule has 2 aromatic carbocycles. The molecule has 5 rings (SSSR count). The number of amides is 3. The number of likely N-dealkylation sites (N-methyl/N-ethyl adjacent to an activating group) is 1.